The highest BCUT2D eigenvalue weighted by Crippen LogP contribution is 2.32. The molecular weight excluding hydrogens is 372 g/mol. The lowest BCUT2D eigenvalue weighted by Gasteiger charge is -2.32. The van der Waals surface area contributed by atoms with E-state index < -0.39 is 0 Å². The average Bonchev–Trinajstić information content (AvgIpc) is 3.56. The standard InChI is InChI=1S/C22H32N2O5/c1-15(2)28-13-10-23-21(25)19-14-18(27-3)6-7-20(19)29-17-8-11-24(12-9-17)22(26)16-4-5-16/h6-7,14-17H,4-5,8-13H2,1-3H3,(H,23,25). The number of nitrogens with one attached hydrogen (secondary N) is 1. The Morgan fingerprint density at radius 3 is 2.52 bits per heavy atom. The quantitative estimate of drug-likeness (QED) is 0.640. The molecule has 7 heteroatoms. The van der Waals surface area contributed by atoms with E-state index in [0.717, 1.165) is 25.7 Å². The minimum atomic E-state index is -0.215. The Hall–Kier alpha value is -2.28. The van der Waals surface area contributed by atoms with Crippen LogP contribution in [0.5, 0.6) is 11.5 Å². The number of likely N-dealkylation sites (tertiary alicyclic amines) is 1. The van der Waals surface area contributed by atoms with Crippen molar-refractivity contribution in [3.05, 3.63) is 23.8 Å². The summed E-state index contributed by atoms with van der Waals surface area (Å²) in [6.45, 7) is 6.22. The maximum Gasteiger partial charge on any atom is 0.255 e. The smallest absolute Gasteiger partial charge is 0.255 e. The third kappa shape index (κ3) is 6.10. The third-order valence-electron chi connectivity index (χ3n) is 5.24. The number of nitrogens with zero attached hydrogens (tertiary/aromatic N) is 1. The predicted octanol–water partition coefficient (Wildman–Crippen LogP) is 2.63. The molecule has 0 bridgehead atoms. The lowest BCUT2D eigenvalue weighted by molar-refractivity contribution is -0.134. The van der Waals surface area contributed by atoms with Crippen LogP contribution in [0.1, 0.15) is 49.9 Å². The normalized spacial score (nSPS) is 17.3. The zero-order valence-electron chi connectivity index (χ0n) is 17.6. The number of piperidine rings is 1. The Morgan fingerprint density at radius 1 is 1.17 bits per heavy atom. The molecule has 1 aromatic carbocycles. The molecule has 29 heavy (non-hydrogen) atoms. The largest absolute Gasteiger partial charge is 0.497 e. The minimum Gasteiger partial charge on any atom is -0.497 e. The fourth-order valence-electron chi connectivity index (χ4n) is 3.43. The van der Waals surface area contributed by atoms with Crippen LogP contribution in [0.25, 0.3) is 0 Å². The zero-order valence-corrected chi connectivity index (χ0v) is 17.6. The molecule has 0 unspecified atom stereocenters. The fourth-order valence-corrected chi connectivity index (χ4v) is 3.43. The lowest BCUT2D eigenvalue weighted by atomic mass is 10.1. The summed E-state index contributed by atoms with van der Waals surface area (Å²) in [6, 6.07) is 5.26. The van der Waals surface area contributed by atoms with Gasteiger partial charge in [-0.3, -0.25) is 9.59 Å². The molecular formula is C22H32N2O5. The summed E-state index contributed by atoms with van der Waals surface area (Å²) in [5.74, 6) is 1.47. The van der Waals surface area contributed by atoms with Gasteiger partial charge in [0, 0.05) is 38.4 Å². The molecule has 1 aliphatic heterocycles. The first-order chi connectivity index (χ1) is 14.0. The molecule has 1 N–H and O–H groups in total. The number of benzene rings is 1. The monoisotopic (exact) mass is 404 g/mol. The summed E-state index contributed by atoms with van der Waals surface area (Å²) < 4.78 is 16.9. The van der Waals surface area contributed by atoms with Gasteiger partial charge in [0.25, 0.3) is 5.91 Å². The maximum absolute atomic E-state index is 12.7. The van der Waals surface area contributed by atoms with Gasteiger partial charge >= 0.3 is 0 Å². The van der Waals surface area contributed by atoms with E-state index in [9.17, 15) is 9.59 Å². The third-order valence-corrected chi connectivity index (χ3v) is 5.24. The number of ether oxygens (including phenoxy) is 3. The number of hydrogen-bond donors (Lipinski definition) is 1. The molecule has 1 saturated carbocycles. The van der Waals surface area contributed by atoms with Gasteiger partial charge in [-0.25, -0.2) is 0 Å². The summed E-state index contributed by atoms with van der Waals surface area (Å²) >= 11 is 0. The van der Waals surface area contributed by atoms with Crippen molar-refractivity contribution >= 4 is 11.8 Å². The molecule has 1 saturated heterocycles. The van der Waals surface area contributed by atoms with Gasteiger partial charge in [-0.05, 0) is 44.9 Å². The van der Waals surface area contributed by atoms with Gasteiger partial charge in [-0.2, -0.15) is 0 Å². The number of rotatable bonds is 9. The Balaban J connectivity index is 1.58. The molecule has 160 valence electrons. The van der Waals surface area contributed by atoms with E-state index in [-0.39, 0.29) is 29.9 Å². The van der Waals surface area contributed by atoms with Gasteiger partial charge in [-0.15, -0.1) is 0 Å². The molecule has 0 atom stereocenters. The molecule has 2 amide bonds. The van der Waals surface area contributed by atoms with E-state index >= 15 is 0 Å². The van der Waals surface area contributed by atoms with E-state index in [1.54, 1.807) is 25.3 Å². The van der Waals surface area contributed by atoms with E-state index in [4.69, 9.17) is 14.2 Å². The highest BCUT2D eigenvalue weighted by molar-refractivity contribution is 5.97. The molecule has 1 aliphatic carbocycles. The van der Waals surface area contributed by atoms with Crippen LogP contribution in [0.2, 0.25) is 0 Å². The van der Waals surface area contributed by atoms with Crippen molar-refractivity contribution in [1.29, 1.82) is 0 Å². The maximum atomic E-state index is 12.7. The first-order valence-electron chi connectivity index (χ1n) is 10.5. The van der Waals surface area contributed by atoms with E-state index in [2.05, 4.69) is 5.32 Å². The van der Waals surface area contributed by atoms with Gasteiger partial charge in [0.2, 0.25) is 5.91 Å². The highest BCUT2D eigenvalue weighted by Gasteiger charge is 2.35. The Bertz CT molecular complexity index is 709. The molecule has 2 aliphatic rings. The average molecular weight is 405 g/mol. The second-order valence-corrected chi connectivity index (χ2v) is 7.95. The predicted molar refractivity (Wildman–Crippen MR) is 109 cm³/mol. The van der Waals surface area contributed by atoms with Gasteiger partial charge in [0.15, 0.2) is 0 Å². The van der Waals surface area contributed by atoms with Crippen LogP contribution < -0.4 is 14.8 Å². The van der Waals surface area contributed by atoms with E-state index in [0.29, 0.717) is 43.3 Å². The van der Waals surface area contributed by atoms with Crippen molar-refractivity contribution in [2.24, 2.45) is 5.92 Å². The van der Waals surface area contributed by atoms with Crippen LogP contribution in [0.4, 0.5) is 0 Å². The van der Waals surface area contributed by atoms with Crippen LogP contribution in [-0.4, -0.2) is 62.3 Å². The van der Waals surface area contributed by atoms with Crippen molar-refractivity contribution in [2.45, 2.75) is 51.7 Å². The van der Waals surface area contributed by atoms with Crippen LogP contribution >= 0.6 is 0 Å². The Labute approximate surface area is 172 Å². The number of carbonyl (C=O) groups excluding carboxylic acids is 2. The van der Waals surface area contributed by atoms with Crippen molar-refractivity contribution in [3.8, 4) is 11.5 Å². The van der Waals surface area contributed by atoms with Crippen molar-refractivity contribution in [1.82, 2.24) is 10.2 Å². The molecule has 1 aromatic rings. The van der Waals surface area contributed by atoms with Crippen LogP contribution in [0.3, 0.4) is 0 Å². The first kappa shape index (κ1) is 21.4. The molecule has 1 heterocycles. The van der Waals surface area contributed by atoms with Crippen molar-refractivity contribution in [2.75, 3.05) is 33.4 Å². The SMILES string of the molecule is COc1ccc(OC2CCN(C(=O)C3CC3)CC2)c(C(=O)NCCOC(C)C)c1. The molecule has 3 rings (SSSR count). The minimum absolute atomic E-state index is 0.0116. The molecule has 7 nitrogen and oxygen atoms in total. The summed E-state index contributed by atoms with van der Waals surface area (Å²) in [5, 5.41) is 2.87. The fraction of sp³-hybridized carbons (Fsp3) is 0.636. The summed E-state index contributed by atoms with van der Waals surface area (Å²) in [6.07, 6.45) is 3.72. The van der Waals surface area contributed by atoms with E-state index in [1.165, 1.54) is 0 Å². The summed E-state index contributed by atoms with van der Waals surface area (Å²) in [4.78, 5) is 26.9. The molecule has 0 radical (unpaired) electrons. The highest BCUT2D eigenvalue weighted by atomic mass is 16.5. The second-order valence-electron chi connectivity index (χ2n) is 7.95. The molecule has 0 spiro atoms. The summed E-state index contributed by atoms with van der Waals surface area (Å²) in [7, 11) is 1.57. The number of methoxy groups -OCH3 is 1. The zero-order chi connectivity index (χ0) is 20.8. The van der Waals surface area contributed by atoms with Crippen LogP contribution in [0, 0.1) is 5.92 Å². The van der Waals surface area contributed by atoms with E-state index in [1.807, 2.05) is 18.7 Å². The lowest BCUT2D eigenvalue weighted by Crippen LogP contribution is -2.42. The van der Waals surface area contributed by atoms with Gasteiger partial charge in [-0.1, -0.05) is 0 Å². The Morgan fingerprint density at radius 2 is 1.90 bits per heavy atom. The van der Waals surface area contributed by atoms with Gasteiger partial charge in [0.1, 0.15) is 17.6 Å². The second kappa shape index (κ2) is 9.96. The van der Waals surface area contributed by atoms with Gasteiger partial charge in [0.05, 0.1) is 25.4 Å². The van der Waals surface area contributed by atoms with Crippen LogP contribution in [0.15, 0.2) is 18.2 Å². The first-order valence-corrected chi connectivity index (χ1v) is 10.5. The number of carbonyl (C=O) groups is 2. The Kier molecular flexibility index (Phi) is 7.36. The van der Waals surface area contributed by atoms with Gasteiger partial charge < -0.3 is 24.4 Å². The molecule has 0 aromatic heterocycles. The van der Waals surface area contributed by atoms with Crippen molar-refractivity contribution < 1.29 is 23.8 Å². The van der Waals surface area contributed by atoms with Crippen LogP contribution in [-0.2, 0) is 9.53 Å². The topological polar surface area (TPSA) is 77.1 Å². The number of hydrogen-bond acceptors (Lipinski definition) is 5. The van der Waals surface area contributed by atoms with Crippen molar-refractivity contribution in [3.63, 3.8) is 0 Å². The number of amides is 2. The molecule has 2 fully saturated rings. The summed E-state index contributed by atoms with van der Waals surface area (Å²) in [5.41, 5.74) is 0.449.